The van der Waals surface area contributed by atoms with Crippen LogP contribution in [-0.2, 0) is 30.3 Å². The highest BCUT2D eigenvalue weighted by molar-refractivity contribution is 9.09. The molecule has 172 valence electrons. The molecule has 1 N–H and O–H groups in total. The molecular weight excluding hydrogens is 571 g/mol. The van der Waals surface area contributed by atoms with Crippen molar-refractivity contribution in [3.05, 3.63) is 40.8 Å². The summed E-state index contributed by atoms with van der Waals surface area (Å²) in [5, 5.41) is 4.33. The summed E-state index contributed by atoms with van der Waals surface area (Å²) in [6, 6.07) is 4.64. The zero-order valence-electron chi connectivity index (χ0n) is 16.1. The number of carbonyl (C=O) groups is 4. The highest BCUT2D eigenvalue weighted by Crippen LogP contribution is 2.41. The minimum Gasteiger partial charge on any atom is -0.459 e. The zero-order chi connectivity index (χ0) is 23.5. The van der Waals surface area contributed by atoms with Gasteiger partial charge in [0.25, 0.3) is 6.47 Å². The molecule has 0 radical (unpaired) electrons. The van der Waals surface area contributed by atoms with Crippen molar-refractivity contribution in [3.63, 3.8) is 0 Å². The maximum atomic E-state index is 12.8. The number of carbonyl (C=O) groups excluding carboxylic acids is 4. The fraction of sp³-hybridized carbons (Fsp3) is 0.368. The second kappa shape index (κ2) is 10.6. The molecule has 32 heavy (non-hydrogen) atoms. The number of esters is 1. The highest BCUT2D eigenvalue weighted by atomic mass is 79.9. The zero-order valence-corrected chi connectivity index (χ0v) is 20.8. The monoisotopic (exact) mass is 584 g/mol. The molecule has 0 saturated carbocycles. The van der Waals surface area contributed by atoms with Crippen LogP contribution in [0.3, 0.4) is 0 Å². The standard InChI is InChI=1S/C19H16BrCl3N2O6S/c20-6-11-7-32-17-14(16(28)25(17)15(11)18(29)30-8-19(21,22)23)24-13(27)5-10-1-3-12(4-2-10)31-9-26/h1-4,7,9,14-15,17H,5-6,8H2,(H,24,27)/t14?,15?,17-/m1/s1. The molecule has 3 atom stereocenters. The first kappa shape index (κ1) is 25.2. The van der Waals surface area contributed by atoms with Crippen LogP contribution < -0.4 is 10.1 Å². The number of nitrogens with zero attached hydrogens (tertiary/aromatic N) is 1. The third-order valence-electron chi connectivity index (χ3n) is 4.61. The third-order valence-corrected chi connectivity index (χ3v) is 6.80. The maximum Gasteiger partial charge on any atom is 0.333 e. The van der Waals surface area contributed by atoms with E-state index in [1.165, 1.54) is 16.7 Å². The number of thioether (sulfide) groups is 1. The van der Waals surface area contributed by atoms with Crippen molar-refractivity contribution in [3.8, 4) is 5.75 Å². The molecule has 2 amide bonds. The van der Waals surface area contributed by atoms with Gasteiger partial charge in [-0.05, 0) is 28.7 Å². The predicted octanol–water partition coefficient (Wildman–Crippen LogP) is 2.73. The Bertz CT molecular complexity index is 940. The molecule has 1 aromatic rings. The summed E-state index contributed by atoms with van der Waals surface area (Å²) >= 11 is 21.5. The van der Waals surface area contributed by atoms with E-state index >= 15 is 0 Å². The number of benzene rings is 1. The number of hydrogen-bond donors (Lipinski definition) is 1. The number of alkyl halides is 4. The van der Waals surface area contributed by atoms with E-state index in [2.05, 4.69) is 21.2 Å². The predicted molar refractivity (Wildman–Crippen MR) is 124 cm³/mol. The summed E-state index contributed by atoms with van der Waals surface area (Å²) in [4.78, 5) is 49.6. The lowest BCUT2D eigenvalue weighted by molar-refractivity contribution is -0.163. The van der Waals surface area contributed by atoms with Crippen LogP contribution in [0.15, 0.2) is 35.2 Å². The number of rotatable bonds is 8. The Hall–Kier alpha value is -1.46. The lowest BCUT2D eigenvalue weighted by Gasteiger charge is -2.51. The van der Waals surface area contributed by atoms with E-state index in [0.29, 0.717) is 28.7 Å². The first-order valence-corrected chi connectivity index (χ1v) is 12.3. The Morgan fingerprint density at radius 1 is 1.25 bits per heavy atom. The first-order valence-electron chi connectivity index (χ1n) is 9.09. The van der Waals surface area contributed by atoms with Crippen LogP contribution in [0.5, 0.6) is 5.75 Å². The minimum atomic E-state index is -1.77. The molecule has 2 unspecified atom stereocenters. The molecule has 1 saturated heterocycles. The van der Waals surface area contributed by atoms with Crippen molar-refractivity contribution >= 4 is 86.8 Å². The molecular formula is C19H16BrCl3N2O6S. The lowest BCUT2D eigenvalue weighted by Crippen LogP contribution is -2.74. The van der Waals surface area contributed by atoms with E-state index < -0.39 is 39.7 Å². The number of nitrogens with one attached hydrogen (secondary N) is 1. The van der Waals surface area contributed by atoms with Gasteiger partial charge in [0.1, 0.15) is 23.8 Å². The molecule has 2 heterocycles. The van der Waals surface area contributed by atoms with Crippen molar-refractivity contribution in [2.75, 3.05) is 11.9 Å². The quantitative estimate of drug-likeness (QED) is 0.216. The summed E-state index contributed by atoms with van der Waals surface area (Å²) in [7, 11) is 0. The van der Waals surface area contributed by atoms with Gasteiger partial charge in [-0.25, -0.2) is 4.79 Å². The van der Waals surface area contributed by atoms with Crippen molar-refractivity contribution < 1.29 is 28.7 Å². The number of halogens is 4. The summed E-state index contributed by atoms with van der Waals surface area (Å²) in [6.07, 6.45) is 0.0275. The smallest absolute Gasteiger partial charge is 0.333 e. The van der Waals surface area contributed by atoms with E-state index in [1.807, 2.05) is 0 Å². The molecule has 1 aromatic carbocycles. The Balaban J connectivity index is 1.63. The minimum absolute atomic E-state index is 0.0275. The lowest BCUT2D eigenvalue weighted by atomic mass is 9.98. The number of fused-ring (bicyclic) bond motifs is 1. The van der Waals surface area contributed by atoms with E-state index in [4.69, 9.17) is 44.3 Å². The molecule has 2 aliphatic rings. The van der Waals surface area contributed by atoms with Gasteiger partial charge in [0, 0.05) is 5.33 Å². The second-order valence-electron chi connectivity index (χ2n) is 6.80. The van der Waals surface area contributed by atoms with Crippen LogP contribution in [0.4, 0.5) is 0 Å². The fourth-order valence-electron chi connectivity index (χ4n) is 3.19. The average molecular weight is 587 g/mol. The maximum absolute atomic E-state index is 12.8. The van der Waals surface area contributed by atoms with Gasteiger partial charge in [-0.2, -0.15) is 0 Å². The molecule has 0 spiro atoms. The molecule has 1 fully saturated rings. The van der Waals surface area contributed by atoms with E-state index in [0.717, 1.165) is 0 Å². The number of hydrogen-bond acceptors (Lipinski definition) is 7. The second-order valence-corrected chi connectivity index (χ2v) is 10.9. The Kier molecular flexibility index (Phi) is 8.37. The SMILES string of the molecule is O=COc1ccc(CC(=O)NC2C(=O)N3C(C(=O)OCC(Cl)(Cl)Cl)C(CBr)=CS[C@H]23)cc1. The first-order chi connectivity index (χ1) is 15.1. The van der Waals surface area contributed by atoms with Gasteiger partial charge >= 0.3 is 5.97 Å². The number of β-lactam (4-membered cyclic amide) rings is 1. The van der Waals surface area contributed by atoms with Crippen molar-refractivity contribution in [2.45, 2.75) is 27.7 Å². The summed E-state index contributed by atoms with van der Waals surface area (Å²) < 4.78 is 8.02. The van der Waals surface area contributed by atoms with Crippen LogP contribution in [0.1, 0.15) is 5.56 Å². The Labute approximate surface area is 211 Å². The van der Waals surface area contributed by atoms with Crippen LogP contribution in [0.2, 0.25) is 0 Å². The van der Waals surface area contributed by atoms with Gasteiger partial charge in [-0.15, -0.1) is 11.8 Å². The largest absolute Gasteiger partial charge is 0.459 e. The van der Waals surface area contributed by atoms with Crippen LogP contribution in [0.25, 0.3) is 0 Å². The molecule has 13 heteroatoms. The molecule has 0 aromatic heterocycles. The van der Waals surface area contributed by atoms with Gasteiger partial charge in [0.15, 0.2) is 6.04 Å². The van der Waals surface area contributed by atoms with Crippen LogP contribution >= 0.6 is 62.5 Å². The summed E-state index contributed by atoms with van der Waals surface area (Å²) in [6.45, 7) is -0.146. The fourth-order valence-corrected chi connectivity index (χ4v) is 5.26. The number of amides is 2. The van der Waals surface area contributed by atoms with Gasteiger partial charge in [-0.3, -0.25) is 14.4 Å². The highest BCUT2D eigenvalue weighted by Gasteiger charge is 2.56. The van der Waals surface area contributed by atoms with Gasteiger partial charge in [0.05, 0.1) is 6.42 Å². The van der Waals surface area contributed by atoms with Gasteiger partial charge < -0.3 is 19.7 Å². The Morgan fingerprint density at radius 3 is 2.53 bits per heavy atom. The van der Waals surface area contributed by atoms with Crippen molar-refractivity contribution in [1.29, 1.82) is 0 Å². The average Bonchev–Trinajstić information content (AvgIpc) is 2.75. The molecule has 2 aliphatic heterocycles. The van der Waals surface area contributed by atoms with Crippen LogP contribution in [-0.4, -0.2) is 62.3 Å². The van der Waals surface area contributed by atoms with Gasteiger partial charge in [-0.1, -0.05) is 62.9 Å². The molecule has 0 aliphatic carbocycles. The third kappa shape index (κ3) is 5.91. The van der Waals surface area contributed by atoms with E-state index in [-0.39, 0.29) is 12.3 Å². The Morgan fingerprint density at radius 2 is 1.94 bits per heavy atom. The normalized spacial score (nSPS) is 22.2. The van der Waals surface area contributed by atoms with Crippen molar-refractivity contribution in [2.24, 2.45) is 0 Å². The number of ether oxygens (including phenoxy) is 2. The molecule has 0 bridgehead atoms. The molecule has 8 nitrogen and oxygen atoms in total. The summed E-state index contributed by atoms with van der Waals surface area (Å²) in [5.74, 6) is -1.14. The van der Waals surface area contributed by atoms with E-state index in [9.17, 15) is 19.2 Å². The topological polar surface area (TPSA) is 102 Å². The van der Waals surface area contributed by atoms with Gasteiger partial charge in [0.2, 0.25) is 15.6 Å². The van der Waals surface area contributed by atoms with E-state index in [1.54, 1.807) is 29.7 Å². The van der Waals surface area contributed by atoms with Crippen LogP contribution in [0, 0.1) is 0 Å². The summed E-state index contributed by atoms with van der Waals surface area (Å²) in [5.41, 5.74) is 1.30. The van der Waals surface area contributed by atoms with Crippen molar-refractivity contribution in [1.82, 2.24) is 10.2 Å². The molecule has 3 rings (SSSR count).